The molecule has 0 fully saturated rings. The van der Waals surface area contributed by atoms with Gasteiger partial charge >= 0.3 is 0 Å². The number of aromatic nitrogens is 1. The van der Waals surface area contributed by atoms with Gasteiger partial charge in [0.05, 0.1) is 6.20 Å². The molecule has 0 aliphatic rings. The second kappa shape index (κ2) is 9.52. The van der Waals surface area contributed by atoms with Gasteiger partial charge in [-0.05, 0) is 13.0 Å². The number of aryl methyl sites for hydroxylation is 1. The molecule has 0 unspecified atom stereocenters. The smallest absolute Gasteiger partial charge is 0.123 e. The molecule has 0 saturated heterocycles. The summed E-state index contributed by atoms with van der Waals surface area (Å²) in [5, 5.41) is 3.35. The Labute approximate surface area is 85.6 Å². The lowest BCUT2D eigenvalue weighted by molar-refractivity contribution is 0.420. The van der Waals surface area contributed by atoms with Gasteiger partial charge in [0.15, 0.2) is 0 Å². The molecule has 1 aromatic carbocycles. The van der Waals surface area contributed by atoms with Gasteiger partial charge in [-0.1, -0.05) is 54.9 Å². The molecule has 14 heavy (non-hydrogen) atoms. The van der Waals surface area contributed by atoms with E-state index in [1.54, 1.807) is 12.3 Å². The third-order valence-corrected chi connectivity index (χ3v) is 1.29. The van der Waals surface area contributed by atoms with Gasteiger partial charge in [-0.15, -0.1) is 0 Å². The normalized spacial score (nSPS) is 7.64. The third kappa shape index (κ3) is 7.10. The summed E-state index contributed by atoms with van der Waals surface area (Å²) >= 11 is 0. The first-order valence-electron chi connectivity index (χ1n) is 4.75. The standard InChI is InChI=1S/C7H8.C3H3NO.C2H6/c1-7-5-3-2-4-6-7;1-2-4-5-3-1;1-2/h2-6H,1H3;1-3H;1-2H3. The highest BCUT2D eigenvalue weighted by Gasteiger charge is 1.72. The predicted molar refractivity (Wildman–Crippen MR) is 59.0 cm³/mol. The van der Waals surface area contributed by atoms with Crippen LogP contribution in [-0.4, -0.2) is 5.16 Å². The molecule has 0 aliphatic carbocycles. The lowest BCUT2D eigenvalue weighted by atomic mass is 10.2. The van der Waals surface area contributed by atoms with E-state index in [0.717, 1.165) is 0 Å². The number of nitrogens with zero attached hydrogens (tertiary/aromatic N) is 1. The summed E-state index contributed by atoms with van der Waals surface area (Å²) in [6, 6.07) is 12.0. The number of hydrogen-bond donors (Lipinski definition) is 0. The quantitative estimate of drug-likeness (QED) is 0.634. The van der Waals surface area contributed by atoms with E-state index in [9.17, 15) is 0 Å². The summed E-state index contributed by atoms with van der Waals surface area (Å²) in [6.07, 6.45) is 3.10. The molecule has 0 spiro atoms. The largest absolute Gasteiger partial charge is 0.365 e. The summed E-state index contributed by atoms with van der Waals surface area (Å²) < 4.78 is 4.33. The van der Waals surface area contributed by atoms with Crippen molar-refractivity contribution in [1.29, 1.82) is 0 Å². The average molecular weight is 191 g/mol. The fourth-order valence-electron chi connectivity index (χ4n) is 0.710. The van der Waals surface area contributed by atoms with E-state index in [1.807, 2.05) is 32.0 Å². The van der Waals surface area contributed by atoms with E-state index in [0.29, 0.717) is 0 Å². The van der Waals surface area contributed by atoms with Crippen LogP contribution >= 0.6 is 0 Å². The van der Waals surface area contributed by atoms with Crippen molar-refractivity contribution in [1.82, 2.24) is 5.16 Å². The Balaban J connectivity index is 0.000000213. The summed E-state index contributed by atoms with van der Waals surface area (Å²) in [6.45, 7) is 6.08. The summed E-state index contributed by atoms with van der Waals surface area (Å²) in [7, 11) is 0. The van der Waals surface area contributed by atoms with E-state index in [2.05, 4.69) is 28.7 Å². The van der Waals surface area contributed by atoms with Crippen molar-refractivity contribution < 1.29 is 4.52 Å². The Bertz CT molecular complexity index is 259. The maximum atomic E-state index is 4.33. The van der Waals surface area contributed by atoms with Crippen molar-refractivity contribution in [3.8, 4) is 0 Å². The zero-order valence-electron chi connectivity index (χ0n) is 8.97. The van der Waals surface area contributed by atoms with Crippen LogP contribution in [0.5, 0.6) is 0 Å². The van der Waals surface area contributed by atoms with Crippen molar-refractivity contribution >= 4 is 0 Å². The fourth-order valence-corrected chi connectivity index (χ4v) is 0.710. The zero-order valence-corrected chi connectivity index (χ0v) is 8.97. The van der Waals surface area contributed by atoms with Gasteiger partial charge in [-0.2, -0.15) is 0 Å². The molecule has 2 heteroatoms. The first-order valence-corrected chi connectivity index (χ1v) is 4.75. The number of benzene rings is 1. The lowest BCUT2D eigenvalue weighted by Crippen LogP contribution is -1.62. The van der Waals surface area contributed by atoms with Gasteiger partial charge in [0.25, 0.3) is 0 Å². The monoisotopic (exact) mass is 191 g/mol. The van der Waals surface area contributed by atoms with Gasteiger partial charge < -0.3 is 4.52 Å². The molecule has 1 heterocycles. The highest BCUT2D eigenvalue weighted by molar-refractivity contribution is 5.11. The van der Waals surface area contributed by atoms with Crippen molar-refractivity contribution in [2.45, 2.75) is 20.8 Å². The first-order chi connectivity index (χ1) is 6.89. The van der Waals surface area contributed by atoms with E-state index in [4.69, 9.17) is 0 Å². The molecule has 0 saturated carbocycles. The van der Waals surface area contributed by atoms with Crippen LogP contribution in [0.2, 0.25) is 0 Å². The molecule has 0 radical (unpaired) electrons. The van der Waals surface area contributed by atoms with Gasteiger partial charge in [-0.25, -0.2) is 0 Å². The average Bonchev–Trinajstić information content (AvgIpc) is 2.80. The minimum Gasteiger partial charge on any atom is -0.365 e. The van der Waals surface area contributed by atoms with Crippen LogP contribution in [0, 0.1) is 6.92 Å². The molecule has 0 atom stereocenters. The van der Waals surface area contributed by atoms with Gasteiger partial charge in [-0.3, -0.25) is 0 Å². The number of hydrogen-bond acceptors (Lipinski definition) is 2. The molecule has 0 N–H and O–H groups in total. The molecule has 76 valence electrons. The summed E-state index contributed by atoms with van der Waals surface area (Å²) in [5.41, 5.74) is 1.32. The molecule has 0 amide bonds. The maximum Gasteiger partial charge on any atom is 0.123 e. The minimum atomic E-state index is 1.32. The van der Waals surface area contributed by atoms with Crippen LogP contribution in [-0.2, 0) is 0 Å². The molecular weight excluding hydrogens is 174 g/mol. The molecule has 0 aliphatic heterocycles. The molecule has 2 aromatic rings. The highest BCUT2D eigenvalue weighted by atomic mass is 16.5. The van der Waals surface area contributed by atoms with Gasteiger partial charge in [0.2, 0.25) is 0 Å². The van der Waals surface area contributed by atoms with E-state index < -0.39 is 0 Å². The Hall–Kier alpha value is -1.57. The molecule has 0 bridgehead atoms. The summed E-state index contributed by atoms with van der Waals surface area (Å²) in [4.78, 5) is 0. The first kappa shape index (κ1) is 12.4. The molecule has 2 nitrogen and oxygen atoms in total. The highest BCUT2D eigenvalue weighted by Crippen LogP contribution is 1.92. The zero-order chi connectivity index (χ0) is 10.6. The minimum absolute atomic E-state index is 1.32. The topological polar surface area (TPSA) is 26.0 Å². The second-order valence-electron chi connectivity index (χ2n) is 2.34. The lowest BCUT2D eigenvalue weighted by Gasteiger charge is -1.82. The second-order valence-corrected chi connectivity index (χ2v) is 2.34. The van der Waals surface area contributed by atoms with Gasteiger partial charge in [0, 0.05) is 0 Å². The summed E-state index contributed by atoms with van der Waals surface area (Å²) in [5.74, 6) is 0. The maximum absolute atomic E-state index is 4.33. The van der Waals surface area contributed by atoms with Crippen molar-refractivity contribution in [3.05, 3.63) is 54.4 Å². The molecule has 1 aromatic heterocycles. The Morgan fingerprint density at radius 2 is 1.64 bits per heavy atom. The van der Waals surface area contributed by atoms with E-state index in [-0.39, 0.29) is 0 Å². The third-order valence-electron chi connectivity index (χ3n) is 1.29. The fraction of sp³-hybridized carbons (Fsp3) is 0.250. The Morgan fingerprint density at radius 3 is 1.86 bits per heavy atom. The van der Waals surface area contributed by atoms with E-state index >= 15 is 0 Å². The SMILES string of the molecule is CC.Cc1ccccc1.c1cnoc1. The number of rotatable bonds is 0. The van der Waals surface area contributed by atoms with Crippen LogP contribution in [0.25, 0.3) is 0 Å². The Kier molecular flexibility index (Phi) is 8.45. The molecular formula is C12H17NO. The van der Waals surface area contributed by atoms with Crippen LogP contribution in [0.15, 0.2) is 53.4 Å². The van der Waals surface area contributed by atoms with Crippen LogP contribution in [0.1, 0.15) is 19.4 Å². The van der Waals surface area contributed by atoms with Crippen LogP contribution < -0.4 is 0 Å². The Morgan fingerprint density at radius 1 is 1.00 bits per heavy atom. The van der Waals surface area contributed by atoms with Crippen LogP contribution in [0.3, 0.4) is 0 Å². The molecule has 2 rings (SSSR count). The predicted octanol–water partition coefficient (Wildman–Crippen LogP) is 3.70. The van der Waals surface area contributed by atoms with Crippen molar-refractivity contribution in [2.75, 3.05) is 0 Å². The van der Waals surface area contributed by atoms with Crippen LogP contribution in [0.4, 0.5) is 0 Å². The van der Waals surface area contributed by atoms with E-state index in [1.165, 1.54) is 11.8 Å². The van der Waals surface area contributed by atoms with Crippen molar-refractivity contribution in [3.63, 3.8) is 0 Å². The van der Waals surface area contributed by atoms with Gasteiger partial charge in [0.1, 0.15) is 6.26 Å². The van der Waals surface area contributed by atoms with Crippen molar-refractivity contribution in [2.24, 2.45) is 0 Å².